The normalized spacial score (nSPS) is 22.7. The lowest BCUT2D eigenvalue weighted by atomic mass is 9.77. The zero-order chi connectivity index (χ0) is 8.48. The van der Waals surface area contributed by atoms with Gasteiger partial charge in [-0.3, -0.25) is 4.79 Å². The van der Waals surface area contributed by atoms with Gasteiger partial charge in [0.05, 0.1) is 6.42 Å². The quantitative estimate of drug-likeness (QED) is 0.573. The molecule has 1 aliphatic rings. The molecule has 0 radical (unpaired) electrons. The Balaban J connectivity index is 2.44. The van der Waals surface area contributed by atoms with Crippen molar-refractivity contribution in [2.75, 3.05) is 26.7 Å². The van der Waals surface area contributed by atoms with E-state index in [2.05, 4.69) is 4.90 Å². The van der Waals surface area contributed by atoms with Crippen LogP contribution in [0.5, 0.6) is 0 Å². The molecule has 1 heterocycles. The van der Waals surface area contributed by atoms with Gasteiger partial charge in [-0.15, -0.1) is 0 Å². The lowest BCUT2D eigenvalue weighted by molar-refractivity contribution is -0.142. The third kappa shape index (κ3) is 1.70. The summed E-state index contributed by atoms with van der Waals surface area (Å²) in [5.74, 6) is -0.747. The second kappa shape index (κ2) is 2.79. The van der Waals surface area contributed by atoms with E-state index in [9.17, 15) is 4.79 Å². The van der Waals surface area contributed by atoms with E-state index < -0.39 is 5.97 Å². The molecule has 0 aromatic heterocycles. The van der Waals surface area contributed by atoms with Gasteiger partial charge in [-0.25, -0.2) is 0 Å². The van der Waals surface area contributed by atoms with E-state index in [4.69, 9.17) is 10.8 Å². The fraction of sp³-hybridized carbons (Fsp3) is 0.857. The molecule has 0 amide bonds. The highest BCUT2D eigenvalue weighted by Crippen LogP contribution is 2.31. The molecule has 0 spiro atoms. The van der Waals surface area contributed by atoms with Gasteiger partial charge in [-0.2, -0.15) is 0 Å². The first-order valence-electron chi connectivity index (χ1n) is 3.68. The molecular formula is C7H14N2O2. The minimum absolute atomic E-state index is 0.138. The van der Waals surface area contributed by atoms with Gasteiger partial charge in [0.15, 0.2) is 0 Å². The Morgan fingerprint density at radius 1 is 1.73 bits per heavy atom. The molecule has 0 aliphatic carbocycles. The molecule has 0 aromatic carbocycles. The average molecular weight is 158 g/mol. The lowest BCUT2D eigenvalue weighted by Crippen LogP contribution is -2.58. The van der Waals surface area contributed by atoms with E-state index in [-0.39, 0.29) is 11.8 Å². The van der Waals surface area contributed by atoms with Crippen LogP contribution in [0.1, 0.15) is 6.42 Å². The zero-order valence-electron chi connectivity index (χ0n) is 6.71. The maximum atomic E-state index is 10.4. The lowest BCUT2D eigenvalue weighted by Gasteiger charge is -2.47. The SMILES string of the molecule is CN1CC(CN)(CC(=O)O)C1. The number of likely N-dealkylation sites (tertiary alicyclic amines) is 1. The fourth-order valence-corrected chi connectivity index (χ4v) is 1.73. The summed E-state index contributed by atoms with van der Waals surface area (Å²) in [6.45, 7) is 2.11. The summed E-state index contributed by atoms with van der Waals surface area (Å²) in [5, 5.41) is 8.56. The van der Waals surface area contributed by atoms with Crippen LogP contribution >= 0.6 is 0 Å². The largest absolute Gasteiger partial charge is 0.481 e. The van der Waals surface area contributed by atoms with E-state index in [0.717, 1.165) is 13.1 Å². The van der Waals surface area contributed by atoms with Gasteiger partial charge in [0.2, 0.25) is 0 Å². The van der Waals surface area contributed by atoms with E-state index in [0.29, 0.717) is 6.54 Å². The highest BCUT2D eigenvalue weighted by atomic mass is 16.4. The van der Waals surface area contributed by atoms with E-state index >= 15 is 0 Å². The maximum Gasteiger partial charge on any atom is 0.304 e. The molecule has 1 aliphatic heterocycles. The van der Waals surface area contributed by atoms with E-state index in [1.54, 1.807) is 0 Å². The third-order valence-electron chi connectivity index (χ3n) is 2.17. The third-order valence-corrected chi connectivity index (χ3v) is 2.17. The Morgan fingerprint density at radius 3 is 2.55 bits per heavy atom. The number of carbonyl (C=O) groups is 1. The molecule has 0 atom stereocenters. The van der Waals surface area contributed by atoms with Gasteiger partial charge < -0.3 is 15.7 Å². The molecule has 0 bridgehead atoms. The van der Waals surface area contributed by atoms with Crippen LogP contribution in [-0.4, -0.2) is 42.7 Å². The number of carboxylic acid groups (broad SMARTS) is 1. The summed E-state index contributed by atoms with van der Waals surface area (Å²) in [6, 6.07) is 0. The molecular weight excluding hydrogens is 144 g/mol. The maximum absolute atomic E-state index is 10.4. The van der Waals surface area contributed by atoms with E-state index in [1.165, 1.54) is 0 Å². The molecule has 11 heavy (non-hydrogen) atoms. The molecule has 1 fully saturated rings. The number of hydrogen-bond donors (Lipinski definition) is 2. The number of nitrogens with zero attached hydrogens (tertiary/aromatic N) is 1. The zero-order valence-corrected chi connectivity index (χ0v) is 6.71. The van der Waals surface area contributed by atoms with Crippen LogP contribution in [0, 0.1) is 5.41 Å². The van der Waals surface area contributed by atoms with Crippen LogP contribution in [0.4, 0.5) is 0 Å². The summed E-state index contributed by atoms with van der Waals surface area (Å²) in [7, 11) is 1.97. The Bertz CT molecular complexity index is 164. The number of carboxylic acids is 1. The highest BCUT2D eigenvalue weighted by molar-refractivity contribution is 5.68. The van der Waals surface area contributed by atoms with Crippen LogP contribution in [0.3, 0.4) is 0 Å². The predicted octanol–water partition coefficient (Wildman–Crippen LogP) is -0.648. The van der Waals surface area contributed by atoms with Crippen molar-refractivity contribution in [2.24, 2.45) is 11.1 Å². The Labute approximate surface area is 66.0 Å². The van der Waals surface area contributed by atoms with Crippen molar-refractivity contribution in [3.63, 3.8) is 0 Å². The smallest absolute Gasteiger partial charge is 0.304 e. The topological polar surface area (TPSA) is 66.6 Å². The van der Waals surface area contributed by atoms with E-state index in [1.807, 2.05) is 7.05 Å². The summed E-state index contributed by atoms with van der Waals surface area (Å²) in [5.41, 5.74) is 5.35. The Morgan fingerprint density at radius 2 is 2.27 bits per heavy atom. The van der Waals surface area contributed by atoms with Crippen molar-refractivity contribution in [1.82, 2.24) is 4.90 Å². The van der Waals surface area contributed by atoms with Crippen molar-refractivity contribution in [2.45, 2.75) is 6.42 Å². The van der Waals surface area contributed by atoms with Gasteiger partial charge >= 0.3 is 5.97 Å². The van der Waals surface area contributed by atoms with Crippen LogP contribution in [0.15, 0.2) is 0 Å². The number of rotatable bonds is 3. The van der Waals surface area contributed by atoms with Crippen LogP contribution in [0.2, 0.25) is 0 Å². The molecule has 4 nitrogen and oxygen atoms in total. The highest BCUT2D eigenvalue weighted by Gasteiger charge is 2.41. The number of nitrogens with two attached hydrogens (primary N) is 1. The van der Waals surface area contributed by atoms with Gasteiger partial charge in [0, 0.05) is 25.0 Å². The molecule has 0 unspecified atom stereocenters. The summed E-state index contributed by atoms with van der Waals surface area (Å²) >= 11 is 0. The Kier molecular flexibility index (Phi) is 2.15. The monoisotopic (exact) mass is 158 g/mol. The Hall–Kier alpha value is -0.610. The van der Waals surface area contributed by atoms with Crippen LogP contribution in [-0.2, 0) is 4.79 Å². The molecule has 4 heteroatoms. The van der Waals surface area contributed by atoms with Gasteiger partial charge in [-0.05, 0) is 7.05 Å². The average Bonchev–Trinajstić information content (AvgIpc) is 1.82. The van der Waals surface area contributed by atoms with Crippen LogP contribution in [0.25, 0.3) is 0 Å². The number of aliphatic carboxylic acids is 1. The first kappa shape index (κ1) is 8.49. The van der Waals surface area contributed by atoms with Gasteiger partial charge in [0.1, 0.15) is 0 Å². The van der Waals surface area contributed by atoms with Crippen molar-refractivity contribution in [3.05, 3.63) is 0 Å². The number of hydrogen-bond acceptors (Lipinski definition) is 3. The van der Waals surface area contributed by atoms with Gasteiger partial charge in [0.25, 0.3) is 0 Å². The van der Waals surface area contributed by atoms with Crippen LogP contribution < -0.4 is 5.73 Å². The minimum atomic E-state index is -0.747. The first-order valence-corrected chi connectivity index (χ1v) is 3.68. The van der Waals surface area contributed by atoms with Crippen molar-refractivity contribution in [3.8, 4) is 0 Å². The van der Waals surface area contributed by atoms with Gasteiger partial charge in [-0.1, -0.05) is 0 Å². The second-order valence-electron chi connectivity index (χ2n) is 3.45. The predicted molar refractivity (Wildman–Crippen MR) is 41.2 cm³/mol. The van der Waals surface area contributed by atoms with Crippen molar-refractivity contribution < 1.29 is 9.90 Å². The fourth-order valence-electron chi connectivity index (χ4n) is 1.73. The molecule has 1 rings (SSSR count). The van der Waals surface area contributed by atoms with Crippen molar-refractivity contribution in [1.29, 1.82) is 0 Å². The minimum Gasteiger partial charge on any atom is -0.481 e. The molecule has 0 saturated carbocycles. The summed E-state index contributed by atoms with van der Waals surface area (Å²) in [4.78, 5) is 12.5. The summed E-state index contributed by atoms with van der Waals surface area (Å²) in [6.07, 6.45) is 0.202. The standard InChI is InChI=1S/C7H14N2O2/c1-9-4-7(3-8,5-9)2-6(10)11/h2-5,8H2,1H3,(H,10,11). The first-order chi connectivity index (χ1) is 5.08. The summed E-state index contributed by atoms with van der Waals surface area (Å²) < 4.78 is 0. The molecule has 0 aromatic rings. The molecule has 64 valence electrons. The second-order valence-corrected chi connectivity index (χ2v) is 3.45. The molecule has 1 saturated heterocycles. The molecule has 3 N–H and O–H groups in total. The van der Waals surface area contributed by atoms with Crippen molar-refractivity contribution >= 4 is 5.97 Å².